The Labute approximate surface area is 232 Å². The summed E-state index contributed by atoms with van der Waals surface area (Å²) in [5.41, 5.74) is 2.70. The second-order valence-electron chi connectivity index (χ2n) is 10.9. The molecule has 2 aromatic heterocycles. The molecule has 5 rings (SSSR count). The third-order valence-corrected chi connectivity index (χ3v) is 7.00. The van der Waals surface area contributed by atoms with Gasteiger partial charge in [-0.2, -0.15) is 0 Å². The second kappa shape index (κ2) is 10.7. The molecule has 1 aromatic carbocycles. The van der Waals surface area contributed by atoms with Gasteiger partial charge in [-0.3, -0.25) is 9.78 Å². The Balaban J connectivity index is 1.49. The second-order valence-corrected chi connectivity index (χ2v) is 10.9. The Hall–Kier alpha value is -4.28. The molecular weight excluding hydrogens is 517 g/mol. The van der Waals surface area contributed by atoms with E-state index in [-0.39, 0.29) is 29.9 Å². The lowest BCUT2D eigenvalue weighted by atomic mass is 9.98. The Morgan fingerprint density at radius 2 is 2.08 bits per heavy atom. The molecule has 0 aliphatic carbocycles. The van der Waals surface area contributed by atoms with Crippen LogP contribution in [0.2, 0.25) is 0 Å². The van der Waals surface area contributed by atoms with Crippen molar-refractivity contribution in [3.63, 3.8) is 0 Å². The first kappa shape index (κ1) is 27.3. The van der Waals surface area contributed by atoms with Crippen molar-refractivity contribution >= 4 is 23.4 Å². The number of amides is 2. The predicted octanol–water partition coefficient (Wildman–Crippen LogP) is 5.03. The van der Waals surface area contributed by atoms with Crippen molar-refractivity contribution in [2.24, 2.45) is 0 Å². The number of aromatic amines is 1. The van der Waals surface area contributed by atoms with Gasteiger partial charge in [-0.25, -0.2) is 9.18 Å². The number of fused-ring (bicyclic) bond motifs is 1. The molecule has 212 valence electrons. The number of hydrogen-bond acceptors (Lipinski definition) is 7. The fraction of sp³-hybridized carbons (Fsp3) is 0.414. The number of anilines is 2. The first-order valence-electron chi connectivity index (χ1n) is 13.3. The van der Waals surface area contributed by atoms with Gasteiger partial charge < -0.3 is 34.7 Å². The average molecular weight is 552 g/mol. The number of aromatic nitrogens is 2. The van der Waals surface area contributed by atoms with Gasteiger partial charge in [0.05, 0.1) is 42.0 Å². The van der Waals surface area contributed by atoms with E-state index in [2.05, 4.69) is 20.6 Å². The maximum absolute atomic E-state index is 14.5. The van der Waals surface area contributed by atoms with E-state index in [1.165, 1.54) is 13.2 Å². The molecule has 1 fully saturated rings. The fourth-order valence-electron chi connectivity index (χ4n) is 5.06. The molecule has 10 nitrogen and oxygen atoms in total. The van der Waals surface area contributed by atoms with Gasteiger partial charge in [-0.1, -0.05) is 6.07 Å². The molecule has 2 aliphatic rings. The zero-order valence-corrected chi connectivity index (χ0v) is 23.3. The van der Waals surface area contributed by atoms with Crippen LogP contribution in [0, 0.1) is 5.82 Å². The lowest BCUT2D eigenvalue weighted by Gasteiger charge is -2.44. The third-order valence-electron chi connectivity index (χ3n) is 7.00. The molecule has 1 saturated heterocycles. The summed E-state index contributed by atoms with van der Waals surface area (Å²) in [6.45, 7) is 8.50. The van der Waals surface area contributed by atoms with Crippen LogP contribution in [0.3, 0.4) is 0 Å². The SMILES string of the molecule is COc1c(F)cccc1Nc1c(-c2ccncc2O[C@H](C)[C@H]2CCN2C(=O)OC(C)(C)C)[nH]c2c1C(=O)NCC2. The summed E-state index contributed by atoms with van der Waals surface area (Å²) >= 11 is 0. The molecular formula is C29H34FN5O5. The summed E-state index contributed by atoms with van der Waals surface area (Å²) in [6.07, 6.45) is 3.88. The normalized spacial score (nSPS) is 17.3. The number of carbonyl (C=O) groups is 2. The third kappa shape index (κ3) is 5.28. The number of likely N-dealkylation sites (tertiary alicyclic amines) is 1. The van der Waals surface area contributed by atoms with Gasteiger partial charge >= 0.3 is 6.09 Å². The number of benzene rings is 1. The van der Waals surface area contributed by atoms with Gasteiger partial charge in [0, 0.05) is 37.0 Å². The summed E-state index contributed by atoms with van der Waals surface area (Å²) < 4.78 is 31.7. The van der Waals surface area contributed by atoms with Crippen LogP contribution >= 0.6 is 0 Å². The van der Waals surface area contributed by atoms with Crippen LogP contribution in [0.25, 0.3) is 11.3 Å². The van der Waals surface area contributed by atoms with Crippen LogP contribution in [0.1, 0.15) is 50.2 Å². The van der Waals surface area contributed by atoms with Crippen LogP contribution in [0.5, 0.6) is 11.5 Å². The van der Waals surface area contributed by atoms with Crippen LogP contribution in [0.4, 0.5) is 20.6 Å². The minimum Gasteiger partial charge on any atom is -0.492 e. The van der Waals surface area contributed by atoms with Crippen molar-refractivity contribution in [1.82, 2.24) is 20.2 Å². The summed E-state index contributed by atoms with van der Waals surface area (Å²) in [5, 5.41) is 6.12. The highest BCUT2D eigenvalue weighted by molar-refractivity contribution is 6.06. The van der Waals surface area contributed by atoms with Crippen LogP contribution in [-0.4, -0.2) is 64.8 Å². The summed E-state index contributed by atoms with van der Waals surface area (Å²) in [7, 11) is 1.39. The van der Waals surface area contributed by atoms with Gasteiger partial charge in [-0.15, -0.1) is 0 Å². The number of nitrogens with one attached hydrogen (secondary N) is 3. The van der Waals surface area contributed by atoms with E-state index in [0.717, 1.165) is 12.1 Å². The van der Waals surface area contributed by atoms with Crippen molar-refractivity contribution in [2.45, 2.75) is 58.3 Å². The van der Waals surface area contributed by atoms with Crippen molar-refractivity contribution < 1.29 is 28.2 Å². The zero-order valence-electron chi connectivity index (χ0n) is 23.3. The van der Waals surface area contributed by atoms with E-state index >= 15 is 0 Å². The fourth-order valence-corrected chi connectivity index (χ4v) is 5.06. The highest BCUT2D eigenvalue weighted by atomic mass is 19.1. The molecule has 0 radical (unpaired) electrons. The van der Waals surface area contributed by atoms with Crippen molar-refractivity contribution in [3.8, 4) is 22.8 Å². The molecule has 2 aliphatic heterocycles. The summed E-state index contributed by atoms with van der Waals surface area (Å²) in [4.78, 5) is 35.0. The monoisotopic (exact) mass is 551 g/mol. The number of H-pyrrole nitrogens is 1. The lowest BCUT2D eigenvalue weighted by molar-refractivity contribution is -0.0300. The molecule has 2 atom stereocenters. The number of ether oxygens (including phenoxy) is 3. The largest absolute Gasteiger partial charge is 0.492 e. The zero-order chi connectivity index (χ0) is 28.6. The number of pyridine rings is 1. The van der Waals surface area contributed by atoms with Crippen molar-refractivity contribution in [1.29, 1.82) is 0 Å². The molecule has 3 aromatic rings. The number of nitrogens with zero attached hydrogens (tertiary/aromatic N) is 2. The Kier molecular flexibility index (Phi) is 7.31. The van der Waals surface area contributed by atoms with E-state index in [4.69, 9.17) is 14.2 Å². The summed E-state index contributed by atoms with van der Waals surface area (Å²) in [5.74, 6) is -0.264. The first-order valence-corrected chi connectivity index (χ1v) is 13.3. The molecule has 0 bridgehead atoms. The molecule has 0 spiro atoms. The predicted molar refractivity (Wildman–Crippen MR) is 148 cm³/mol. The van der Waals surface area contributed by atoms with E-state index in [1.807, 2.05) is 27.7 Å². The molecule has 3 N–H and O–H groups in total. The number of para-hydroxylation sites is 1. The molecule has 11 heteroatoms. The van der Waals surface area contributed by atoms with E-state index < -0.39 is 11.4 Å². The van der Waals surface area contributed by atoms with Crippen LogP contribution in [-0.2, 0) is 11.2 Å². The lowest BCUT2D eigenvalue weighted by Crippen LogP contribution is -2.58. The van der Waals surface area contributed by atoms with Gasteiger partial charge in [0.2, 0.25) is 0 Å². The van der Waals surface area contributed by atoms with E-state index in [1.54, 1.807) is 35.5 Å². The maximum atomic E-state index is 14.5. The minimum atomic E-state index is -0.593. The van der Waals surface area contributed by atoms with Gasteiger partial charge in [0.1, 0.15) is 17.5 Å². The van der Waals surface area contributed by atoms with Crippen molar-refractivity contribution in [2.75, 3.05) is 25.5 Å². The Bertz CT molecular complexity index is 1430. The first-order chi connectivity index (χ1) is 19.1. The number of carbonyl (C=O) groups excluding carboxylic acids is 2. The number of halogens is 1. The van der Waals surface area contributed by atoms with Crippen LogP contribution in [0.15, 0.2) is 36.7 Å². The van der Waals surface area contributed by atoms with Gasteiger partial charge in [-0.05, 0) is 52.3 Å². The standard InChI is InChI=1S/C29H34FN5O5/c1-16(21-11-14-35(21)28(37)40-29(2,3)4)39-22-15-31-12-9-17(22)24-25(23-19(33-24)10-13-32-27(23)36)34-20-8-6-7-18(30)26(20)38-5/h6-9,12,15-16,21,33-34H,10-11,13-14H2,1-5H3,(H,32,36)/t16-,21-/m1/s1. The Morgan fingerprint density at radius 3 is 2.77 bits per heavy atom. The van der Waals surface area contributed by atoms with Crippen LogP contribution < -0.4 is 20.1 Å². The van der Waals surface area contributed by atoms with Crippen molar-refractivity contribution in [3.05, 3.63) is 53.7 Å². The van der Waals surface area contributed by atoms with Gasteiger partial charge in [0.25, 0.3) is 5.91 Å². The number of hydrogen-bond donors (Lipinski definition) is 3. The van der Waals surface area contributed by atoms with Gasteiger partial charge in [0.15, 0.2) is 11.6 Å². The molecule has 0 unspecified atom stereocenters. The number of methoxy groups -OCH3 is 1. The quantitative estimate of drug-likeness (QED) is 0.377. The minimum absolute atomic E-state index is 0.0339. The average Bonchev–Trinajstić information content (AvgIpc) is 3.22. The summed E-state index contributed by atoms with van der Waals surface area (Å²) in [6, 6.07) is 6.18. The number of rotatable bonds is 7. The van der Waals surface area contributed by atoms with E-state index in [9.17, 15) is 14.0 Å². The smallest absolute Gasteiger partial charge is 0.410 e. The maximum Gasteiger partial charge on any atom is 0.410 e. The van der Waals surface area contributed by atoms with E-state index in [0.29, 0.717) is 53.5 Å². The highest BCUT2D eigenvalue weighted by Crippen LogP contribution is 2.42. The molecule has 4 heterocycles. The topological polar surface area (TPSA) is 118 Å². The molecule has 40 heavy (non-hydrogen) atoms. The molecule has 2 amide bonds. The Morgan fingerprint density at radius 1 is 1.27 bits per heavy atom. The molecule has 0 saturated carbocycles. The highest BCUT2D eigenvalue weighted by Gasteiger charge is 2.40.